The maximum absolute atomic E-state index is 11.4. The van der Waals surface area contributed by atoms with Crippen LogP contribution in [0.15, 0.2) is 18.3 Å². The fraction of sp³-hybridized carbons (Fsp3) is 0.571. The Morgan fingerprint density at radius 3 is 2.95 bits per heavy atom. The number of carbonyl (C=O) groups is 1. The zero-order chi connectivity index (χ0) is 14.0. The third-order valence-corrected chi connectivity index (χ3v) is 3.48. The van der Waals surface area contributed by atoms with Crippen LogP contribution in [0.2, 0.25) is 0 Å². The number of rotatable bonds is 2. The van der Waals surface area contributed by atoms with Gasteiger partial charge in [0.1, 0.15) is 0 Å². The molecular formula is C14H21N3O2. The molecule has 2 rings (SSSR count). The molecule has 0 radical (unpaired) electrons. The van der Waals surface area contributed by atoms with Gasteiger partial charge in [-0.05, 0) is 39.3 Å². The first-order valence-electron chi connectivity index (χ1n) is 6.59. The fourth-order valence-electron chi connectivity index (χ4n) is 2.45. The number of nitrogens with zero attached hydrogens (tertiary/aromatic N) is 2. The molecule has 19 heavy (non-hydrogen) atoms. The van der Waals surface area contributed by atoms with Crippen LogP contribution in [0.5, 0.6) is 0 Å². The summed E-state index contributed by atoms with van der Waals surface area (Å²) in [5.74, 6) is 0.160. The Bertz CT molecular complexity index is 468. The third-order valence-electron chi connectivity index (χ3n) is 3.48. The largest absolute Gasteiger partial charge is 0.465 e. The molecule has 0 bridgehead atoms. The van der Waals surface area contributed by atoms with E-state index in [1.54, 1.807) is 6.20 Å². The summed E-state index contributed by atoms with van der Waals surface area (Å²) in [6.45, 7) is 7.11. The number of nitrogens with one attached hydrogen (secondary N) is 1. The normalized spacial score (nSPS) is 18.4. The molecule has 0 spiro atoms. The van der Waals surface area contributed by atoms with Crippen LogP contribution >= 0.6 is 0 Å². The number of carboxylic acid groups (broad SMARTS) is 1. The predicted molar refractivity (Wildman–Crippen MR) is 74.6 cm³/mol. The summed E-state index contributed by atoms with van der Waals surface area (Å²) in [4.78, 5) is 17.3. The molecule has 1 aliphatic rings. The van der Waals surface area contributed by atoms with E-state index in [9.17, 15) is 9.90 Å². The van der Waals surface area contributed by atoms with Gasteiger partial charge in [-0.3, -0.25) is 4.98 Å². The molecular weight excluding hydrogens is 242 g/mol. The lowest BCUT2D eigenvalue weighted by molar-refractivity contribution is 0.0947. The van der Waals surface area contributed by atoms with Gasteiger partial charge < -0.3 is 15.3 Å². The van der Waals surface area contributed by atoms with E-state index < -0.39 is 11.6 Å². The Labute approximate surface area is 113 Å². The number of fused-ring (bicyclic) bond motifs is 1. The van der Waals surface area contributed by atoms with Crippen molar-refractivity contribution in [2.45, 2.75) is 38.6 Å². The molecule has 1 unspecified atom stereocenters. The molecule has 1 amide bonds. The molecule has 1 aromatic rings. The SMILES string of the molecule is CC(C)(C)N(CC1CCNc2cccnc21)C(=O)O. The highest BCUT2D eigenvalue weighted by molar-refractivity contribution is 5.66. The summed E-state index contributed by atoms with van der Waals surface area (Å²) in [5, 5.41) is 12.7. The number of anilines is 1. The highest BCUT2D eigenvalue weighted by Crippen LogP contribution is 2.31. The van der Waals surface area contributed by atoms with E-state index in [0.29, 0.717) is 6.54 Å². The van der Waals surface area contributed by atoms with Gasteiger partial charge in [-0.2, -0.15) is 0 Å². The van der Waals surface area contributed by atoms with Crippen LogP contribution in [-0.4, -0.2) is 39.7 Å². The second-order valence-corrected chi connectivity index (χ2v) is 5.91. The Balaban J connectivity index is 2.22. The lowest BCUT2D eigenvalue weighted by Gasteiger charge is -2.37. The second-order valence-electron chi connectivity index (χ2n) is 5.91. The Morgan fingerprint density at radius 1 is 1.58 bits per heavy atom. The summed E-state index contributed by atoms with van der Waals surface area (Å²) in [6, 6.07) is 3.89. The molecule has 0 fully saturated rings. The third kappa shape index (κ3) is 2.97. The van der Waals surface area contributed by atoms with Gasteiger partial charge in [-0.15, -0.1) is 0 Å². The van der Waals surface area contributed by atoms with Crippen LogP contribution in [0.1, 0.15) is 38.8 Å². The van der Waals surface area contributed by atoms with Crippen molar-refractivity contribution in [3.63, 3.8) is 0 Å². The molecule has 2 N–H and O–H groups in total. The predicted octanol–water partition coefficient (Wildman–Crippen LogP) is 2.76. The van der Waals surface area contributed by atoms with Crippen molar-refractivity contribution in [1.82, 2.24) is 9.88 Å². The van der Waals surface area contributed by atoms with E-state index in [0.717, 1.165) is 24.3 Å². The van der Waals surface area contributed by atoms with Crippen molar-refractivity contribution in [3.8, 4) is 0 Å². The van der Waals surface area contributed by atoms with Crippen molar-refractivity contribution in [3.05, 3.63) is 24.0 Å². The van der Waals surface area contributed by atoms with Gasteiger partial charge in [0, 0.05) is 30.7 Å². The first kappa shape index (κ1) is 13.6. The van der Waals surface area contributed by atoms with Crippen molar-refractivity contribution in [1.29, 1.82) is 0 Å². The average Bonchev–Trinajstić information content (AvgIpc) is 2.34. The lowest BCUT2D eigenvalue weighted by Crippen LogP contribution is -2.47. The van der Waals surface area contributed by atoms with Gasteiger partial charge in [0.05, 0.1) is 11.4 Å². The average molecular weight is 263 g/mol. The van der Waals surface area contributed by atoms with Gasteiger partial charge in [0.15, 0.2) is 0 Å². The minimum atomic E-state index is -0.872. The molecule has 1 atom stereocenters. The second kappa shape index (κ2) is 5.07. The molecule has 1 aromatic heterocycles. The van der Waals surface area contributed by atoms with E-state index in [-0.39, 0.29) is 5.92 Å². The number of amides is 1. The van der Waals surface area contributed by atoms with E-state index in [4.69, 9.17) is 0 Å². The molecule has 5 heteroatoms. The number of pyridine rings is 1. The van der Waals surface area contributed by atoms with Crippen LogP contribution in [0.3, 0.4) is 0 Å². The van der Waals surface area contributed by atoms with Crippen molar-refractivity contribution >= 4 is 11.8 Å². The van der Waals surface area contributed by atoms with E-state index in [1.807, 2.05) is 32.9 Å². The molecule has 5 nitrogen and oxygen atoms in total. The van der Waals surface area contributed by atoms with Gasteiger partial charge >= 0.3 is 6.09 Å². The highest BCUT2D eigenvalue weighted by atomic mass is 16.4. The Hall–Kier alpha value is -1.78. The van der Waals surface area contributed by atoms with Crippen LogP contribution in [-0.2, 0) is 0 Å². The summed E-state index contributed by atoms with van der Waals surface area (Å²) < 4.78 is 0. The van der Waals surface area contributed by atoms with E-state index >= 15 is 0 Å². The Morgan fingerprint density at radius 2 is 2.32 bits per heavy atom. The summed E-state index contributed by atoms with van der Waals surface area (Å²) in [5.41, 5.74) is 1.60. The first-order chi connectivity index (χ1) is 8.89. The maximum Gasteiger partial charge on any atom is 0.407 e. The van der Waals surface area contributed by atoms with Gasteiger partial charge in [0.2, 0.25) is 0 Å². The smallest absolute Gasteiger partial charge is 0.407 e. The fourth-order valence-corrected chi connectivity index (χ4v) is 2.45. The van der Waals surface area contributed by atoms with Crippen LogP contribution in [0.25, 0.3) is 0 Å². The van der Waals surface area contributed by atoms with Crippen LogP contribution in [0, 0.1) is 0 Å². The Kier molecular flexibility index (Phi) is 3.64. The number of aromatic nitrogens is 1. The lowest BCUT2D eigenvalue weighted by atomic mass is 9.93. The zero-order valence-corrected chi connectivity index (χ0v) is 11.7. The zero-order valence-electron chi connectivity index (χ0n) is 11.7. The van der Waals surface area contributed by atoms with Crippen LogP contribution in [0.4, 0.5) is 10.5 Å². The van der Waals surface area contributed by atoms with Gasteiger partial charge in [0.25, 0.3) is 0 Å². The van der Waals surface area contributed by atoms with E-state index in [2.05, 4.69) is 10.3 Å². The standard InChI is InChI=1S/C14H21N3O2/c1-14(2,3)17(13(18)19)9-10-6-8-15-11-5-4-7-16-12(10)11/h4-5,7,10,15H,6,8-9H2,1-3H3,(H,18,19). The van der Waals surface area contributed by atoms with Crippen molar-refractivity contribution in [2.24, 2.45) is 0 Å². The number of hydrogen-bond acceptors (Lipinski definition) is 3. The highest BCUT2D eigenvalue weighted by Gasteiger charge is 2.31. The first-order valence-corrected chi connectivity index (χ1v) is 6.59. The van der Waals surface area contributed by atoms with E-state index in [1.165, 1.54) is 4.90 Å². The molecule has 1 aliphatic heterocycles. The molecule has 0 saturated carbocycles. The topological polar surface area (TPSA) is 65.5 Å². The van der Waals surface area contributed by atoms with Gasteiger partial charge in [-0.1, -0.05) is 0 Å². The summed E-state index contributed by atoms with van der Waals surface area (Å²) in [7, 11) is 0. The molecule has 0 saturated heterocycles. The molecule has 2 heterocycles. The molecule has 0 aliphatic carbocycles. The number of hydrogen-bond donors (Lipinski definition) is 2. The summed E-state index contributed by atoms with van der Waals surface area (Å²) >= 11 is 0. The molecule has 104 valence electrons. The van der Waals surface area contributed by atoms with Crippen LogP contribution < -0.4 is 5.32 Å². The molecule has 0 aromatic carbocycles. The quantitative estimate of drug-likeness (QED) is 0.861. The van der Waals surface area contributed by atoms with Crippen molar-refractivity contribution in [2.75, 3.05) is 18.4 Å². The minimum Gasteiger partial charge on any atom is -0.465 e. The monoisotopic (exact) mass is 263 g/mol. The summed E-state index contributed by atoms with van der Waals surface area (Å²) in [6.07, 6.45) is 1.80. The van der Waals surface area contributed by atoms with Crippen molar-refractivity contribution < 1.29 is 9.90 Å². The maximum atomic E-state index is 11.4. The minimum absolute atomic E-state index is 0.160. The van der Waals surface area contributed by atoms with Gasteiger partial charge in [-0.25, -0.2) is 4.79 Å².